The van der Waals surface area contributed by atoms with Crippen LogP contribution in [0, 0.1) is 0 Å². The minimum absolute atomic E-state index is 0.209. The second kappa shape index (κ2) is 5.96. The quantitative estimate of drug-likeness (QED) is 0.470. The molecular formula is C13H14N2O5S. The van der Waals surface area contributed by atoms with E-state index in [2.05, 4.69) is 9.72 Å². The number of esters is 1. The second-order valence-electron chi connectivity index (χ2n) is 4.19. The number of nitrogens with two attached hydrogens (primary N) is 1. The van der Waals surface area contributed by atoms with Crippen molar-refractivity contribution < 1.29 is 23.9 Å². The van der Waals surface area contributed by atoms with E-state index in [1.807, 2.05) is 6.92 Å². The van der Waals surface area contributed by atoms with Crippen LogP contribution >= 0.6 is 11.3 Å². The first kappa shape index (κ1) is 15.0. The van der Waals surface area contributed by atoms with Gasteiger partial charge in [0.2, 0.25) is 0 Å². The third-order valence-corrected chi connectivity index (χ3v) is 3.82. The number of hydrogen-bond donors (Lipinski definition) is 2. The number of aryl methyl sites for hydroxylation is 1. The van der Waals surface area contributed by atoms with Crippen molar-refractivity contribution in [1.82, 2.24) is 4.98 Å². The fourth-order valence-corrected chi connectivity index (χ4v) is 2.88. The van der Waals surface area contributed by atoms with Crippen molar-refractivity contribution in [3.63, 3.8) is 0 Å². The van der Waals surface area contributed by atoms with Gasteiger partial charge < -0.3 is 20.2 Å². The fraction of sp³-hybridized carbons (Fsp3) is 0.308. The minimum Gasteiger partial charge on any atom is -0.480 e. The van der Waals surface area contributed by atoms with Gasteiger partial charge in [0.1, 0.15) is 10.6 Å². The normalized spacial score (nSPS) is 10.6. The molecule has 0 fully saturated rings. The zero-order chi connectivity index (χ0) is 15.6. The van der Waals surface area contributed by atoms with E-state index < -0.39 is 17.7 Å². The molecule has 2 rings (SSSR count). The van der Waals surface area contributed by atoms with Crippen LogP contribution in [0.2, 0.25) is 0 Å². The molecule has 1 amide bonds. The summed E-state index contributed by atoms with van der Waals surface area (Å²) in [4.78, 5) is 38.1. The highest BCUT2D eigenvalue weighted by Gasteiger charge is 2.25. The van der Waals surface area contributed by atoms with E-state index in [0.717, 1.165) is 0 Å². The Labute approximate surface area is 124 Å². The lowest BCUT2D eigenvalue weighted by Gasteiger charge is -2.04. The van der Waals surface area contributed by atoms with Crippen molar-refractivity contribution in [1.29, 1.82) is 0 Å². The third-order valence-electron chi connectivity index (χ3n) is 2.95. The van der Waals surface area contributed by atoms with E-state index in [0.29, 0.717) is 28.1 Å². The molecule has 0 aliphatic rings. The molecule has 0 aliphatic heterocycles. The van der Waals surface area contributed by atoms with E-state index in [9.17, 15) is 14.4 Å². The zero-order valence-corrected chi connectivity index (χ0v) is 12.3. The first-order valence-electron chi connectivity index (χ1n) is 6.15. The summed E-state index contributed by atoms with van der Waals surface area (Å²) < 4.78 is 9.85. The highest BCUT2D eigenvalue weighted by molar-refractivity contribution is 7.17. The van der Waals surface area contributed by atoms with Crippen LogP contribution in [-0.4, -0.2) is 36.4 Å². The number of carbonyl (C=O) groups excluding carboxylic acids is 3. The van der Waals surface area contributed by atoms with Crippen LogP contribution in [0.3, 0.4) is 0 Å². The molecule has 0 radical (unpaired) electrons. The summed E-state index contributed by atoms with van der Waals surface area (Å²) in [6, 6.07) is 0. The molecule has 2 heterocycles. The van der Waals surface area contributed by atoms with Gasteiger partial charge in [-0.3, -0.25) is 9.59 Å². The number of carbonyl (C=O) groups is 3. The number of methoxy groups -OCH3 is 1. The molecule has 0 unspecified atom stereocenters. The molecule has 21 heavy (non-hydrogen) atoms. The Balaban J connectivity index is 2.49. The summed E-state index contributed by atoms with van der Waals surface area (Å²) in [7, 11) is 1.25. The van der Waals surface area contributed by atoms with Gasteiger partial charge in [-0.2, -0.15) is 0 Å². The van der Waals surface area contributed by atoms with E-state index in [-0.39, 0.29) is 12.2 Å². The number of thiophene rings is 1. The Bertz CT molecular complexity index is 716. The zero-order valence-electron chi connectivity index (χ0n) is 11.5. The number of primary amides is 1. The number of rotatable bonds is 6. The van der Waals surface area contributed by atoms with Crippen molar-refractivity contribution in [2.45, 2.75) is 13.3 Å². The first-order chi connectivity index (χ1) is 9.99. The Morgan fingerprint density at radius 3 is 2.67 bits per heavy atom. The first-order valence-corrected chi connectivity index (χ1v) is 7.03. The number of aromatic nitrogens is 1. The molecule has 0 saturated heterocycles. The van der Waals surface area contributed by atoms with Crippen LogP contribution in [0.5, 0.6) is 5.75 Å². The SMILES string of the molecule is CCc1[nH]c2scc(OCC(=O)OC)c2c1C(=O)C(N)=O. The number of ketones is 1. The Kier molecular flexibility index (Phi) is 4.27. The summed E-state index contributed by atoms with van der Waals surface area (Å²) in [6.07, 6.45) is 0.534. The highest BCUT2D eigenvalue weighted by atomic mass is 32.1. The number of Topliss-reactive ketones (excluding diaryl/α,β-unsaturated/α-hetero) is 1. The maximum absolute atomic E-state index is 12.0. The molecule has 112 valence electrons. The molecule has 2 aromatic heterocycles. The van der Waals surface area contributed by atoms with Gasteiger partial charge in [-0.25, -0.2) is 4.79 Å². The average molecular weight is 310 g/mol. The molecular weight excluding hydrogens is 296 g/mol. The van der Waals surface area contributed by atoms with Crippen molar-refractivity contribution in [2.75, 3.05) is 13.7 Å². The van der Waals surface area contributed by atoms with E-state index >= 15 is 0 Å². The van der Waals surface area contributed by atoms with E-state index in [1.165, 1.54) is 18.4 Å². The van der Waals surface area contributed by atoms with Gasteiger partial charge in [0.05, 0.1) is 18.1 Å². The Hall–Kier alpha value is -2.35. The lowest BCUT2D eigenvalue weighted by Crippen LogP contribution is -2.24. The lowest BCUT2D eigenvalue weighted by atomic mass is 10.1. The minimum atomic E-state index is -1.03. The molecule has 2 aromatic rings. The summed E-state index contributed by atoms with van der Waals surface area (Å²) in [5.41, 5.74) is 5.91. The molecule has 0 aromatic carbocycles. The van der Waals surface area contributed by atoms with E-state index in [4.69, 9.17) is 10.5 Å². The van der Waals surface area contributed by atoms with Gasteiger partial charge in [0.25, 0.3) is 11.7 Å². The van der Waals surface area contributed by atoms with Gasteiger partial charge >= 0.3 is 5.97 Å². The predicted octanol–water partition coefficient (Wildman–Crippen LogP) is 1.01. The number of ether oxygens (including phenoxy) is 2. The molecule has 3 N–H and O–H groups in total. The fourth-order valence-electron chi connectivity index (χ4n) is 1.96. The summed E-state index contributed by atoms with van der Waals surface area (Å²) in [5, 5.41) is 2.13. The van der Waals surface area contributed by atoms with Crippen LogP contribution in [0.25, 0.3) is 10.2 Å². The number of fused-ring (bicyclic) bond motifs is 1. The van der Waals surface area contributed by atoms with Crippen LogP contribution in [0.15, 0.2) is 5.38 Å². The van der Waals surface area contributed by atoms with E-state index in [1.54, 1.807) is 5.38 Å². The van der Waals surface area contributed by atoms with Gasteiger partial charge in [0, 0.05) is 11.1 Å². The van der Waals surface area contributed by atoms with Crippen molar-refractivity contribution >= 4 is 39.2 Å². The van der Waals surface area contributed by atoms with Gasteiger partial charge in [-0.05, 0) is 6.42 Å². The van der Waals surface area contributed by atoms with Gasteiger partial charge in [-0.15, -0.1) is 11.3 Å². The van der Waals surface area contributed by atoms with Gasteiger partial charge in [0.15, 0.2) is 6.61 Å². The number of hydrogen-bond acceptors (Lipinski definition) is 6. The number of aromatic amines is 1. The van der Waals surface area contributed by atoms with Crippen LogP contribution in [0.4, 0.5) is 0 Å². The van der Waals surface area contributed by atoms with Crippen molar-refractivity contribution in [2.24, 2.45) is 5.73 Å². The van der Waals surface area contributed by atoms with Crippen molar-refractivity contribution in [3.05, 3.63) is 16.6 Å². The topological polar surface area (TPSA) is 111 Å². The number of amides is 1. The van der Waals surface area contributed by atoms with Crippen molar-refractivity contribution in [3.8, 4) is 5.75 Å². The maximum Gasteiger partial charge on any atom is 0.343 e. The monoisotopic (exact) mass is 310 g/mol. The molecule has 0 atom stereocenters. The summed E-state index contributed by atoms with van der Waals surface area (Å²) in [6.45, 7) is 1.57. The molecule has 0 bridgehead atoms. The van der Waals surface area contributed by atoms with Crippen LogP contribution < -0.4 is 10.5 Å². The average Bonchev–Trinajstić information content (AvgIpc) is 3.02. The Morgan fingerprint density at radius 1 is 1.38 bits per heavy atom. The largest absolute Gasteiger partial charge is 0.480 e. The lowest BCUT2D eigenvalue weighted by molar-refractivity contribution is -0.142. The molecule has 0 saturated carbocycles. The highest BCUT2D eigenvalue weighted by Crippen LogP contribution is 2.37. The molecule has 8 heteroatoms. The van der Waals surface area contributed by atoms with Gasteiger partial charge in [-0.1, -0.05) is 6.92 Å². The standard InChI is InChI=1S/C13H14N2O5S/c1-3-6-9(11(17)12(14)18)10-7(5-21-13(10)15-6)20-4-8(16)19-2/h5,15H,3-4H2,1-2H3,(H2,14,18). The number of H-pyrrole nitrogens is 1. The maximum atomic E-state index is 12.0. The molecule has 7 nitrogen and oxygen atoms in total. The second-order valence-corrected chi connectivity index (χ2v) is 5.07. The molecule has 0 aliphatic carbocycles. The van der Waals surface area contributed by atoms with Crippen LogP contribution in [-0.2, 0) is 20.7 Å². The predicted molar refractivity (Wildman–Crippen MR) is 76.6 cm³/mol. The summed E-state index contributed by atoms with van der Waals surface area (Å²) >= 11 is 1.32. The number of nitrogens with one attached hydrogen (secondary N) is 1. The Morgan fingerprint density at radius 2 is 2.10 bits per heavy atom. The molecule has 0 spiro atoms. The summed E-state index contributed by atoms with van der Waals surface area (Å²) in [5.74, 6) is -2.00. The smallest absolute Gasteiger partial charge is 0.343 e. The third kappa shape index (κ3) is 2.75. The van der Waals surface area contributed by atoms with Crippen LogP contribution in [0.1, 0.15) is 23.0 Å².